The van der Waals surface area contributed by atoms with Crippen molar-refractivity contribution in [2.45, 2.75) is 12.2 Å². The summed E-state index contributed by atoms with van der Waals surface area (Å²) in [5.41, 5.74) is 2.07. The van der Waals surface area contributed by atoms with Gasteiger partial charge in [0, 0.05) is 11.8 Å². The summed E-state index contributed by atoms with van der Waals surface area (Å²) in [5.74, 6) is 2.05. The lowest BCUT2D eigenvalue weighted by molar-refractivity contribution is 0.888. The molecule has 0 amide bonds. The van der Waals surface area contributed by atoms with Gasteiger partial charge in [0.05, 0.1) is 5.69 Å². The van der Waals surface area contributed by atoms with Crippen LogP contribution in [0.25, 0.3) is 0 Å². The van der Waals surface area contributed by atoms with Crippen LogP contribution in [-0.4, -0.2) is 16.0 Å². The summed E-state index contributed by atoms with van der Waals surface area (Å²) >= 11 is 1.86. The van der Waals surface area contributed by atoms with Crippen molar-refractivity contribution in [1.29, 1.82) is 0 Å². The summed E-state index contributed by atoms with van der Waals surface area (Å²) in [7, 11) is 0. The number of H-pyrrole nitrogens is 1. The van der Waals surface area contributed by atoms with E-state index in [4.69, 9.17) is 0 Å². The molecule has 1 N–H and O–H groups in total. The third-order valence-electron chi connectivity index (χ3n) is 1.73. The highest BCUT2D eigenvalue weighted by molar-refractivity contribution is 7.98. The van der Waals surface area contributed by atoms with E-state index in [9.17, 15) is 4.79 Å². The van der Waals surface area contributed by atoms with E-state index in [-0.39, 0.29) is 5.56 Å². The molecule has 0 aliphatic carbocycles. The van der Waals surface area contributed by atoms with Crippen LogP contribution in [0.3, 0.4) is 0 Å². The molecule has 0 aromatic carbocycles. The summed E-state index contributed by atoms with van der Waals surface area (Å²) < 4.78 is 0. The van der Waals surface area contributed by atoms with E-state index < -0.39 is 0 Å². The Morgan fingerprint density at radius 3 is 3.45 bits per heavy atom. The monoisotopic (exact) mass is 168 g/mol. The molecule has 3 nitrogen and oxygen atoms in total. The van der Waals surface area contributed by atoms with E-state index in [1.54, 1.807) is 6.07 Å². The number of thioether (sulfide) groups is 1. The Labute approximate surface area is 68.2 Å². The Bertz CT molecular complexity index is 320. The third-order valence-corrected chi connectivity index (χ3v) is 2.70. The zero-order chi connectivity index (χ0) is 7.68. The molecular formula is C7H8N2OS. The Kier molecular flexibility index (Phi) is 1.69. The maximum atomic E-state index is 10.8. The molecule has 0 unspecified atom stereocenters. The molecule has 1 aliphatic heterocycles. The fraction of sp³-hybridized carbons (Fsp3) is 0.429. The first kappa shape index (κ1) is 6.91. The number of hydrogen-bond acceptors (Lipinski definition) is 3. The molecule has 2 heterocycles. The van der Waals surface area contributed by atoms with E-state index in [0.29, 0.717) is 0 Å². The molecule has 2 rings (SSSR count). The maximum Gasteiger partial charge on any atom is 0.264 e. The summed E-state index contributed by atoms with van der Waals surface area (Å²) in [6, 6.07) is 1.65. The number of hydrogen-bond donors (Lipinski definition) is 1. The number of nitrogens with one attached hydrogen (secondary N) is 1. The minimum Gasteiger partial charge on any atom is -0.268 e. The van der Waals surface area contributed by atoms with Crippen LogP contribution in [0.2, 0.25) is 0 Å². The second-order valence-electron chi connectivity index (χ2n) is 2.51. The number of aromatic nitrogens is 2. The van der Waals surface area contributed by atoms with Crippen molar-refractivity contribution in [2.24, 2.45) is 0 Å². The Morgan fingerprint density at radius 1 is 1.64 bits per heavy atom. The summed E-state index contributed by atoms with van der Waals surface area (Å²) in [4.78, 5) is 10.8. The van der Waals surface area contributed by atoms with Gasteiger partial charge in [0.2, 0.25) is 0 Å². The average molecular weight is 168 g/mol. The summed E-state index contributed by atoms with van der Waals surface area (Å²) in [5, 5.41) is 6.40. The van der Waals surface area contributed by atoms with Crippen LogP contribution in [-0.2, 0) is 12.2 Å². The van der Waals surface area contributed by atoms with E-state index in [1.807, 2.05) is 11.8 Å². The highest BCUT2D eigenvalue weighted by Crippen LogP contribution is 2.20. The van der Waals surface area contributed by atoms with Gasteiger partial charge in [-0.2, -0.15) is 16.9 Å². The number of fused-ring (bicyclic) bond motifs is 1. The van der Waals surface area contributed by atoms with Crippen LogP contribution in [0.1, 0.15) is 11.3 Å². The first-order chi connectivity index (χ1) is 5.36. The number of rotatable bonds is 0. The predicted octanol–water partition coefficient (Wildman–Crippen LogP) is 0.559. The fourth-order valence-electron chi connectivity index (χ4n) is 1.16. The van der Waals surface area contributed by atoms with Crippen molar-refractivity contribution >= 4 is 11.8 Å². The highest BCUT2D eigenvalue weighted by Gasteiger charge is 2.10. The van der Waals surface area contributed by atoms with Crippen LogP contribution in [0.4, 0.5) is 0 Å². The van der Waals surface area contributed by atoms with Gasteiger partial charge in [0.15, 0.2) is 0 Å². The van der Waals surface area contributed by atoms with Crippen molar-refractivity contribution in [1.82, 2.24) is 10.2 Å². The van der Waals surface area contributed by atoms with Gasteiger partial charge in [-0.05, 0) is 17.7 Å². The maximum absolute atomic E-state index is 10.8. The molecule has 1 aromatic heterocycles. The van der Waals surface area contributed by atoms with Crippen LogP contribution in [0, 0.1) is 0 Å². The van der Waals surface area contributed by atoms with Gasteiger partial charge in [-0.1, -0.05) is 0 Å². The third kappa shape index (κ3) is 1.30. The molecule has 1 aliphatic rings. The molecule has 0 spiro atoms. The van der Waals surface area contributed by atoms with E-state index in [0.717, 1.165) is 29.2 Å². The summed E-state index contributed by atoms with van der Waals surface area (Å²) in [6.45, 7) is 0. The summed E-state index contributed by atoms with van der Waals surface area (Å²) in [6.07, 6.45) is 0.983. The average Bonchev–Trinajstić information content (AvgIpc) is 2.04. The SMILES string of the molecule is O=c1cc2c(n[nH]1)CSCC2. The molecule has 0 radical (unpaired) electrons. The van der Waals surface area contributed by atoms with Crippen molar-refractivity contribution in [3.05, 3.63) is 27.7 Å². The number of aryl methyl sites for hydroxylation is 1. The van der Waals surface area contributed by atoms with Gasteiger partial charge < -0.3 is 0 Å². The zero-order valence-electron chi connectivity index (χ0n) is 5.96. The second-order valence-corrected chi connectivity index (χ2v) is 3.61. The topological polar surface area (TPSA) is 45.8 Å². The van der Waals surface area contributed by atoms with Crippen LogP contribution in [0.5, 0.6) is 0 Å². The van der Waals surface area contributed by atoms with Crippen molar-refractivity contribution in [2.75, 3.05) is 5.75 Å². The van der Waals surface area contributed by atoms with Crippen LogP contribution >= 0.6 is 11.8 Å². The normalized spacial score (nSPS) is 16.0. The van der Waals surface area contributed by atoms with Gasteiger partial charge >= 0.3 is 0 Å². The molecule has 0 saturated carbocycles. The molecule has 1 aromatic rings. The Morgan fingerprint density at radius 2 is 2.55 bits per heavy atom. The number of aromatic amines is 1. The van der Waals surface area contributed by atoms with E-state index in [1.165, 1.54) is 0 Å². The smallest absolute Gasteiger partial charge is 0.264 e. The predicted molar refractivity (Wildman–Crippen MR) is 44.7 cm³/mol. The molecule has 4 heteroatoms. The minimum absolute atomic E-state index is 0.0874. The van der Waals surface area contributed by atoms with E-state index >= 15 is 0 Å². The van der Waals surface area contributed by atoms with Crippen molar-refractivity contribution in [3.63, 3.8) is 0 Å². The van der Waals surface area contributed by atoms with Gasteiger partial charge in [-0.3, -0.25) is 4.79 Å². The van der Waals surface area contributed by atoms with Gasteiger partial charge in [0.25, 0.3) is 5.56 Å². The second kappa shape index (κ2) is 2.70. The minimum atomic E-state index is -0.0874. The van der Waals surface area contributed by atoms with Crippen LogP contribution in [0.15, 0.2) is 10.9 Å². The quantitative estimate of drug-likeness (QED) is 0.615. The molecule has 58 valence electrons. The van der Waals surface area contributed by atoms with Gasteiger partial charge in [-0.15, -0.1) is 0 Å². The lowest BCUT2D eigenvalue weighted by Gasteiger charge is -2.11. The molecule has 0 saturated heterocycles. The lowest BCUT2D eigenvalue weighted by atomic mass is 10.2. The van der Waals surface area contributed by atoms with Gasteiger partial charge in [-0.25, -0.2) is 5.10 Å². The molecule has 11 heavy (non-hydrogen) atoms. The Balaban J connectivity index is 2.51. The fourth-order valence-corrected chi connectivity index (χ4v) is 2.11. The molecule has 0 atom stereocenters. The molecular weight excluding hydrogens is 160 g/mol. The van der Waals surface area contributed by atoms with Crippen LogP contribution < -0.4 is 5.56 Å². The number of nitrogens with zero attached hydrogens (tertiary/aromatic N) is 1. The first-order valence-corrected chi connectivity index (χ1v) is 4.67. The first-order valence-electron chi connectivity index (χ1n) is 3.51. The van der Waals surface area contributed by atoms with Crippen molar-refractivity contribution in [3.8, 4) is 0 Å². The molecule has 0 fully saturated rings. The van der Waals surface area contributed by atoms with E-state index in [2.05, 4.69) is 10.2 Å². The zero-order valence-corrected chi connectivity index (χ0v) is 6.78. The molecule has 0 bridgehead atoms. The highest BCUT2D eigenvalue weighted by atomic mass is 32.2. The standard InChI is InChI=1S/C7H8N2OS/c10-7-3-5-1-2-11-4-6(5)8-9-7/h3H,1-2,4H2,(H,9,10). The van der Waals surface area contributed by atoms with Crippen molar-refractivity contribution < 1.29 is 0 Å². The van der Waals surface area contributed by atoms with Gasteiger partial charge in [0.1, 0.15) is 0 Å². The lowest BCUT2D eigenvalue weighted by Crippen LogP contribution is -2.14. The Hall–Kier alpha value is -0.770. The largest absolute Gasteiger partial charge is 0.268 e.